The van der Waals surface area contributed by atoms with Crippen LogP contribution in [0.1, 0.15) is 16.8 Å². The van der Waals surface area contributed by atoms with Crippen LogP contribution in [-0.2, 0) is 0 Å². The Labute approximate surface area is 124 Å². The molecule has 1 saturated heterocycles. The molecule has 0 bridgehead atoms. The maximum Gasteiger partial charge on any atom is 0.214 e. The molecule has 0 radical (unpaired) electrons. The van der Waals surface area contributed by atoms with Crippen molar-refractivity contribution in [1.29, 1.82) is 0 Å². The van der Waals surface area contributed by atoms with Crippen molar-refractivity contribution in [2.45, 2.75) is 12.5 Å². The first kappa shape index (κ1) is 13.8. The molecule has 1 aromatic heterocycles. The fourth-order valence-corrected chi connectivity index (χ4v) is 2.57. The van der Waals surface area contributed by atoms with Crippen molar-refractivity contribution in [1.82, 2.24) is 9.88 Å². The molecule has 1 aliphatic heterocycles. The van der Waals surface area contributed by atoms with Crippen molar-refractivity contribution in [2.75, 3.05) is 20.1 Å². The molecule has 0 aliphatic carbocycles. The van der Waals surface area contributed by atoms with Crippen molar-refractivity contribution in [3.8, 4) is 17.1 Å². The van der Waals surface area contributed by atoms with E-state index in [2.05, 4.69) is 16.9 Å². The van der Waals surface area contributed by atoms with Crippen molar-refractivity contribution >= 4 is 6.29 Å². The van der Waals surface area contributed by atoms with Crippen molar-refractivity contribution in [2.24, 2.45) is 0 Å². The lowest BCUT2D eigenvalue weighted by molar-refractivity contribution is 0.112. The van der Waals surface area contributed by atoms with E-state index in [0.717, 1.165) is 37.1 Å². The fourth-order valence-electron chi connectivity index (χ4n) is 2.57. The topological polar surface area (TPSA) is 42.4 Å². The van der Waals surface area contributed by atoms with Gasteiger partial charge in [0.1, 0.15) is 12.4 Å². The summed E-state index contributed by atoms with van der Waals surface area (Å²) in [7, 11) is 2.10. The van der Waals surface area contributed by atoms with Gasteiger partial charge < -0.3 is 9.64 Å². The molecule has 4 nitrogen and oxygen atoms in total. The van der Waals surface area contributed by atoms with Crippen molar-refractivity contribution in [3.05, 3.63) is 48.0 Å². The zero-order chi connectivity index (χ0) is 14.7. The molecule has 2 heterocycles. The van der Waals surface area contributed by atoms with Crippen LogP contribution in [0.5, 0.6) is 5.88 Å². The highest BCUT2D eigenvalue weighted by molar-refractivity contribution is 5.78. The third-order valence-electron chi connectivity index (χ3n) is 3.68. The molecule has 1 unspecified atom stereocenters. The summed E-state index contributed by atoms with van der Waals surface area (Å²) in [6.07, 6.45) is 2.08. The van der Waals surface area contributed by atoms with Gasteiger partial charge in [-0.15, -0.1) is 0 Å². The van der Waals surface area contributed by atoms with Crippen LogP contribution in [0, 0.1) is 0 Å². The molecule has 1 aromatic carbocycles. The number of likely N-dealkylation sites (N-methyl/N-ethyl adjacent to an activating group) is 1. The zero-order valence-corrected chi connectivity index (χ0v) is 12.0. The number of pyridine rings is 1. The second-order valence-corrected chi connectivity index (χ2v) is 5.40. The molecule has 1 fully saturated rings. The molecular weight excluding hydrogens is 264 g/mol. The summed E-state index contributed by atoms with van der Waals surface area (Å²) in [4.78, 5) is 17.7. The second-order valence-electron chi connectivity index (χ2n) is 5.40. The normalized spacial score (nSPS) is 18.6. The minimum Gasteiger partial charge on any atom is -0.473 e. The monoisotopic (exact) mass is 282 g/mol. The highest BCUT2D eigenvalue weighted by atomic mass is 16.5. The smallest absolute Gasteiger partial charge is 0.214 e. The van der Waals surface area contributed by atoms with E-state index in [1.54, 1.807) is 6.07 Å². The number of carbonyl (C=O) groups excluding carboxylic acids is 1. The predicted octanol–water partition coefficient (Wildman–Crippen LogP) is 2.64. The van der Waals surface area contributed by atoms with Gasteiger partial charge >= 0.3 is 0 Å². The van der Waals surface area contributed by atoms with Crippen LogP contribution >= 0.6 is 0 Å². The highest BCUT2D eigenvalue weighted by Gasteiger charge is 2.21. The lowest BCUT2D eigenvalue weighted by Gasteiger charge is -2.13. The number of nitrogens with zero attached hydrogens (tertiary/aromatic N) is 2. The van der Waals surface area contributed by atoms with Crippen LogP contribution in [0.15, 0.2) is 42.5 Å². The molecule has 4 heteroatoms. The minimum atomic E-state index is 0.207. The third kappa shape index (κ3) is 3.28. The van der Waals surface area contributed by atoms with Crippen LogP contribution in [0.2, 0.25) is 0 Å². The first-order valence-corrected chi connectivity index (χ1v) is 7.12. The van der Waals surface area contributed by atoms with Crippen LogP contribution in [0.4, 0.5) is 0 Å². The summed E-state index contributed by atoms with van der Waals surface area (Å²) in [5.41, 5.74) is 2.40. The Balaban J connectivity index is 1.80. The van der Waals surface area contributed by atoms with Gasteiger partial charge in [0.25, 0.3) is 0 Å². The van der Waals surface area contributed by atoms with E-state index in [0.29, 0.717) is 11.4 Å². The molecule has 3 rings (SSSR count). The third-order valence-corrected chi connectivity index (χ3v) is 3.68. The molecule has 108 valence electrons. The first-order chi connectivity index (χ1) is 10.2. The summed E-state index contributed by atoms with van der Waals surface area (Å²) in [6, 6.07) is 13.2. The zero-order valence-electron chi connectivity index (χ0n) is 12.0. The number of ether oxygens (including phenoxy) is 1. The molecule has 0 amide bonds. The Bertz CT molecular complexity index is 642. The lowest BCUT2D eigenvalue weighted by atomic mass is 10.1. The molecule has 2 aromatic rings. The number of likely N-dealkylation sites (tertiary alicyclic amines) is 1. The first-order valence-electron chi connectivity index (χ1n) is 7.12. The number of carbonyl (C=O) groups is 1. The Kier molecular flexibility index (Phi) is 3.97. The summed E-state index contributed by atoms with van der Waals surface area (Å²) in [5.74, 6) is 0.643. The van der Waals surface area contributed by atoms with E-state index in [1.165, 1.54) is 0 Å². The molecule has 0 spiro atoms. The van der Waals surface area contributed by atoms with E-state index in [-0.39, 0.29) is 6.10 Å². The Morgan fingerprint density at radius 3 is 2.90 bits per heavy atom. The van der Waals surface area contributed by atoms with Gasteiger partial charge in [-0.2, -0.15) is 0 Å². The number of aldehydes is 1. The lowest BCUT2D eigenvalue weighted by Crippen LogP contribution is -2.21. The van der Waals surface area contributed by atoms with E-state index >= 15 is 0 Å². The largest absolute Gasteiger partial charge is 0.473 e. The molecule has 0 N–H and O–H groups in total. The highest BCUT2D eigenvalue weighted by Crippen LogP contribution is 2.22. The SMILES string of the molecule is CN1CCC(Oc2cccc(-c3cccc(C=O)c3)n2)C1. The van der Waals surface area contributed by atoms with Crippen molar-refractivity contribution < 1.29 is 9.53 Å². The number of benzene rings is 1. The van der Waals surface area contributed by atoms with E-state index in [9.17, 15) is 4.79 Å². The van der Waals surface area contributed by atoms with Gasteiger partial charge in [-0.05, 0) is 25.6 Å². The summed E-state index contributed by atoms with van der Waals surface area (Å²) < 4.78 is 5.94. The van der Waals surface area contributed by atoms with Crippen LogP contribution in [-0.4, -0.2) is 42.4 Å². The van der Waals surface area contributed by atoms with E-state index in [4.69, 9.17) is 4.74 Å². The predicted molar refractivity (Wildman–Crippen MR) is 81.6 cm³/mol. The minimum absolute atomic E-state index is 0.207. The maximum atomic E-state index is 10.9. The average molecular weight is 282 g/mol. The quantitative estimate of drug-likeness (QED) is 0.809. The maximum absolute atomic E-state index is 10.9. The number of rotatable bonds is 4. The molecular formula is C17H18N2O2. The Hall–Kier alpha value is -2.20. The Morgan fingerprint density at radius 1 is 1.29 bits per heavy atom. The van der Waals surface area contributed by atoms with Crippen LogP contribution in [0.25, 0.3) is 11.3 Å². The molecule has 1 aliphatic rings. The van der Waals surface area contributed by atoms with Gasteiger partial charge in [-0.3, -0.25) is 4.79 Å². The summed E-state index contributed by atoms with van der Waals surface area (Å²) in [5, 5.41) is 0. The second kappa shape index (κ2) is 6.06. The molecule has 0 saturated carbocycles. The standard InChI is InChI=1S/C17H18N2O2/c1-19-9-8-15(11-19)21-17-7-3-6-16(18-17)14-5-2-4-13(10-14)12-20/h2-7,10,12,15H,8-9,11H2,1H3. The van der Waals surface area contributed by atoms with Crippen molar-refractivity contribution in [3.63, 3.8) is 0 Å². The van der Waals surface area contributed by atoms with E-state index in [1.807, 2.05) is 36.4 Å². The van der Waals surface area contributed by atoms with Gasteiger partial charge in [-0.1, -0.05) is 24.3 Å². The van der Waals surface area contributed by atoms with Gasteiger partial charge in [0, 0.05) is 30.3 Å². The van der Waals surface area contributed by atoms with Gasteiger partial charge in [0.15, 0.2) is 0 Å². The van der Waals surface area contributed by atoms with E-state index < -0.39 is 0 Å². The average Bonchev–Trinajstić information content (AvgIpc) is 2.93. The number of aromatic nitrogens is 1. The molecule has 1 atom stereocenters. The van der Waals surface area contributed by atoms with Gasteiger partial charge in [-0.25, -0.2) is 4.98 Å². The van der Waals surface area contributed by atoms with Crippen LogP contribution in [0.3, 0.4) is 0 Å². The summed E-state index contributed by atoms with van der Waals surface area (Å²) in [6.45, 7) is 2.00. The summed E-state index contributed by atoms with van der Waals surface area (Å²) >= 11 is 0. The van der Waals surface area contributed by atoms with Crippen LogP contribution < -0.4 is 4.74 Å². The Morgan fingerprint density at radius 2 is 2.14 bits per heavy atom. The number of hydrogen-bond acceptors (Lipinski definition) is 4. The molecule has 21 heavy (non-hydrogen) atoms. The number of hydrogen-bond donors (Lipinski definition) is 0. The van der Waals surface area contributed by atoms with Gasteiger partial charge in [0.05, 0.1) is 5.69 Å². The fraction of sp³-hybridized carbons (Fsp3) is 0.294. The van der Waals surface area contributed by atoms with Gasteiger partial charge in [0.2, 0.25) is 5.88 Å².